The molecule has 0 saturated heterocycles. The first kappa shape index (κ1) is 20.8. The molecule has 2 radical (unpaired) electrons. The predicted octanol–water partition coefficient (Wildman–Crippen LogP) is 4.32. The fourth-order valence-electron chi connectivity index (χ4n) is 3.80. The van der Waals surface area contributed by atoms with Gasteiger partial charge in [-0.05, 0) is 24.3 Å². The Kier molecular flexibility index (Phi) is 5.34. The van der Waals surface area contributed by atoms with E-state index in [0.29, 0.717) is 34.0 Å². The standard InChI is InChI=1S/C25H17BF2N4O/c1-33-17-5-2-4-16(11-17)31-25-30-13-14-12-29-24(22-20(27)6-3-7-21(22)28)19-10-15(26)8-9-18(19)23(14)32-25/h2-11,13H,12H2,1H3,(H,30,31,32). The quantitative estimate of drug-likeness (QED) is 0.483. The summed E-state index contributed by atoms with van der Waals surface area (Å²) in [5, 5.41) is 3.17. The lowest BCUT2D eigenvalue weighted by atomic mass is 9.87. The number of benzene rings is 3. The molecule has 0 fully saturated rings. The molecule has 0 spiro atoms. The molecule has 1 aromatic heterocycles. The molecular formula is C25H17BF2N4O. The molecule has 0 aliphatic carbocycles. The molecule has 1 aliphatic heterocycles. The highest BCUT2D eigenvalue weighted by molar-refractivity contribution is 6.33. The lowest BCUT2D eigenvalue weighted by Gasteiger charge is -2.14. The number of hydrogen-bond acceptors (Lipinski definition) is 5. The normalized spacial score (nSPS) is 12.3. The molecule has 0 bridgehead atoms. The monoisotopic (exact) mass is 438 g/mol. The van der Waals surface area contributed by atoms with Gasteiger partial charge in [-0.15, -0.1) is 0 Å². The van der Waals surface area contributed by atoms with Crippen LogP contribution in [-0.4, -0.2) is 30.6 Å². The summed E-state index contributed by atoms with van der Waals surface area (Å²) in [5.41, 5.74) is 3.70. The number of nitrogens with one attached hydrogen (secondary N) is 1. The van der Waals surface area contributed by atoms with Crippen LogP contribution in [0.1, 0.15) is 16.7 Å². The Morgan fingerprint density at radius 1 is 0.970 bits per heavy atom. The molecule has 160 valence electrons. The summed E-state index contributed by atoms with van der Waals surface area (Å²) in [4.78, 5) is 13.6. The third-order valence-electron chi connectivity index (χ3n) is 5.35. The Morgan fingerprint density at radius 3 is 2.55 bits per heavy atom. The minimum atomic E-state index is -0.695. The molecule has 0 unspecified atom stereocenters. The molecular weight excluding hydrogens is 421 g/mol. The third kappa shape index (κ3) is 3.95. The van der Waals surface area contributed by atoms with Crippen molar-refractivity contribution in [3.05, 3.63) is 95.2 Å². The summed E-state index contributed by atoms with van der Waals surface area (Å²) in [6.07, 6.45) is 1.66. The highest BCUT2D eigenvalue weighted by Crippen LogP contribution is 2.33. The number of aliphatic imine (C=N–C) groups is 1. The molecule has 0 atom stereocenters. The largest absolute Gasteiger partial charge is 0.497 e. The van der Waals surface area contributed by atoms with Crippen LogP contribution >= 0.6 is 0 Å². The van der Waals surface area contributed by atoms with Crippen molar-refractivity contribution in [2.24, 2.45) is 4.99 Å². The number of nitrogens with zero attached hydrogens (tertiary/aromatic N) is 3. The lowest BCUT2D eigenvalue weighted by molar-refractivity contribution is 0.415. The smallest absolute Gasteiger partial charge is 0.227 e. The second kappa shape index (κ2) is 8.46. The number of methoxy groups -OCH3 is 1. The maximum atomic E-state index is 14.7. The molecule has 0 saturated carbocycles. The number of halogens is 2. The van der Waals surface area contributed by atoms with Crippen molar-refractivity contribution in [2.75, 3.05) is 12.4 Å². The molecule has 5 nitrogen and oxygen atoms in total. The van der Waals surface area contributed by atoms with Crippen LogP contribution in [0.15, 0.2) is 71.9 Å². The summed E-state index contributed by atoms with van der Waals surface area (Å²) < 4.78 is 34.6. The summed E-state index contributed by atoms with van der Waals surface area (Å²) in [6, 6.07) is 16.3. The van der Waals surface area contributed by atoms with Gasteiger partial charge in [-0.25, -0.2) is 18.7 Å². The molecule has 33 heavy (non-hydrogen) atoms. The van der Waals surface area contributed by atoms with Gasteiger partial charge in [-0.3, -0.25) is 4.99 Å². The highest BCUT2D eigenvalue weighted by atomic mass is 19.1. The molecule has 1 N–H and O–H groups in total. The molecule has 4 aromatic rings. The van der Waals surface area contributed by atoms with Crippen molar-refractivity contribution in [3.63, 3.8) is 0 Å². The molecule has 8 heteroatoms. The summed E-state index contributed by atoms with van der Waals surface area (Å²) >= 11 is 0. The topological polar surface area (TPSA) is 59.4 Å². The van der Waals surface area contributed by atoms with Crippen LogP contribution in [0.3, 0.4) is 0 Å². The first-order valence-electron chi connectivity index (χ1n) is 10.2. The van der Waals surface area contributed by atoms with Crippen molar-refractivity contribution in [3.8, 4) is 17.0 Å². The van der Waals surface area contributed by atoms with Gasteiger partial charge in [0.15, 0.2) is 0 Å². The number of anilines is 2. The first-order valence-corrected chi connectivity index (χ1v) is 10.2. The van der Waals surface area contributed by atoms with E-state index in [4.69, 9.17) is 17.6 Å². The fourth-order valence-corrected chi connectivity index (χ4v) is 3.80. The average Bonchev–Trinajstić information content (AvgIpc) is 2.96. The lowest BCUT2D eigenvalue weighted by Crippen LogP contribution is -2.14. The van der Waals surface area contributed by atoms with Crippen LogP contribution in [0, 0.1) is 11.6 Å². The van der Waals surface area contributed by atoms with Crippen LogP contribution < -0.4 is 15.5 Å². The van der Waals surface area contributed by atoms with Gasteiger partial charge in [0, 0.05) is 34.6 Å². The molecule has 3 aromatic carbocycles. The maximum absolute atomic E-state index is 14.7. The minimum Gasteiger partial charge on any atom is -0.497 e. The van der Waals surface area contributed by atoms with Gasteiger partial charge in [0.2, 0.25) is 5.95 Å². The fraction of sp³-hybridized carbons (Fsp3) is 0.0800. The number of rotatable bonds is 4. The van der Waals surface area contributed by atoms with E-state index in [2.05, 4.69) is 15.3 Å². The van der Waals surface area contributed by atoms with Gasteiger partial charge in [0.1, 0.15) is 25.2 Å². The van der Waals surface area contributed by atoms with Gasteiger partial charge in [0.05, 0.1) is 30.6 Å². The molecule has 1 aliphatic rings. The average molecular weight is 438 g/mol. The van der Waals surface area contributed by atoms with E-state index >= 15 is 0 Å². The maximum Gasteiger partial charge on any atom is 0.227 e. The highest BCUT2D eigenvalue weighted by Gasteiger charge is 2.25. The molecule has 0 amide bonds. The van der Waals surface area contributed by atoms with E-state index in [0.717, 1.165) is 11.3 Å². The van der Waals surface area contributed by atoms with Crippen molar-refractivity contribution in [2.45, 2.75) is 6.54 Å². The summed E-state index contributed by atoms with van der Waals surface area (Å²) in [7, 11) is 7.62. The van der Waals surface area contributed by atoms with Crippen LogP contribution in [0.25, 0.3) is 11.3 Å². The van der Waals surface area contributed by atoms with Crippen molar-refractivity contribution in [1.82, 2.24) is 9.97 Å². The van der Waals surface area contributed by atoms with Crippen LogP contribution in [0.2, 0.25) is 0 Å². The van der Waals surface area contributed by atoms with Gasteiger partial charge in [0.25, 0.3) is 0 Å². The van der Waals surface area contributed by atoms with Gasteiger partial charge in [-0.1, -0.05) is 35.8 Å². The summed E-state index contributed by atoms with van der Waals surface area (Å²) in [6.45, 7) is 0.159. The number of aromatic nitrogens is 2. The van der Waals surface area contributed by atoms with E-state index in [1.165, 1.54) is 18.2 Å². The molecule has 5 rings (SSSR count). The Morgan fingerprint density at radius 2 is 1.76 bits per heavy atom. The van der Waals surface area contributed by atoms with E-state index in [1.54, 1.807) is 31.5 Å². The Labute approximate surface area is 190 Å². The second-order valence-electron chi connectivity index (χ2n) is 7.49. The van der Waals surface area contributed by atoms with Crippen LogP contribution in [0.4, 0.5) is 20.4 Å². The first-order chi connectivity index (χ1) is 16.0. The van der Waals surface area contributed by atoms with Gasteiger partial charge in [-0.2, -0.15) is 0 Å². The predicted molar refractivity (Wildman–Crippen MR) is 125 cm³/mol. The third-order valence-corrected chi connectivity index (χ3v) is 5.35. The van der Waals surface area contributed by atoms with Crippen molar-refractivity contribution in [1.29, 1.82) is 0 Å². The van der Waals surface area contributed by atoms with Crippen molar-refractivity contribution >= 4 is 30.7 Å². The zero-order valence-electron chi connectivity index (χ0n) is 17.6. The van der Waals surface area contributed by atoms with Gasteiger partial charge < -0.3 is 10.1 Å². The Bertz CT molecular complexity index is 1390. The summed E-state index contributed by atoms with van der Waals surface area (Å²) in [5.74, 6) is -0.329. The van der Waals surface area contributed by atoms with Crippen molar-refractivity contribution < 1.29 is 13.5 Å². The zero-order chi connectivity index (χ0) is 22.9. The Hall–Kier alpha value is -4.07. The minimum absolute atomic E-state index is 0.159. The van der Waals surface area contributed by atoms with E-state index in [1.807, 2.05) is 24.3 Å². The van der Waals surface area contributed by atoms with E-state index in [-0.39, 0.29) is 17.8 Å². The SMILES string of the molecule is [B]c1ccc2c(c1)C(c1c(F)cccc1F)=NCc1cnc(Nc3cccc(OC)c3)nc1-2. The zero-order valence-corrected chi connectivity index (χ0v) is 17.6. The second-order valence-corrected chi connectivity index (χ2v) is 7.49. The molecule has 2 heterocycles. The van der Waals surface area contributed by atoms with E-state index in [9.17, 15) is 8.78 Å². The van der Waals surface area contributed by atoms with Gasteiger partial charge >= 0.3 is 0 Å². The van der Waals surface area contributed by atoms with Crippen LogP contribution in [-0.2, 0) is 6.54 Å². The number of hydrogen-bond donors (Lipinski definition) is 1. The van der Waals surface area contributed by atoms with E-state index < -0.39 is 11.6 Å². The van der Waals surface area contributed by atoms with Crippen LogP contribution in [0.5, 0.6) is 5.75 Å². The Balaban J connectivity index is 1.63. The number of ether oxygens (including phenoxy) is 1. The number of fused-ring (bicyclic) bond motifs is 3.